The molecule has 0 spiro atoms. The monoisotopic (exact) mass is 352 g/mol. The number of nitrogens with zero attached hydrogens (tertiary/aromatic N) is 5. The minimum Gasteiger partial charge on any atom is -0.301 e. The highest BCUT2D eigenvalue weighted by Crippen LogP contribution is 2.20. The summed E-state index contributed by atoms with van der Waals surface area (Å²) < 4.78 is 1.53. The van der Waals surface area contributed by atoms with E-state index in [1.165, 1.54) is 27.8 Å². The number of amides is 1. The van der Waals surface area contributed by atoms with Crippen LogP contribution in [0.1, 0.15) is 0 Å². The minimum atomic E-state index is -0.166. The van der Waals surface area contributed by atoms with Gasteiger partial charge >= 0.3 is 0 Å². The van der Waals surface area contributed by atoms with Crippen molar-refractivity contribution in [2.45, 2.75) is 5.16 Å². The molecule has 10 heteroatoms. The Kier molecular flexibility index (Phi) is 4.66. The summed E-state index contributed by atoms with van der Waals surface area (Å²) in [4.78, 5) is 15.8. The average molecular weight is 353 g/mol. The summed E-state index contributed by atoms with van der Waals surface area (Å²) in [6.45, 7) is 0. The predicted octanol–water partition coefficient (Wildman–Crippen LogP) is 2.50. The lowest BCUT2D eigenvalue weighted by Crippen LogP contribution is -2.14. The molecule has 0 aliphatic rings. The third-order valence-electron chi connectivity index (χ3n) is 2.50. The van der Waals surface area contributed by atoms with Crippen LogP contribution in [0, 0.1) is 0 Å². The second-order valence-corrected chi connectivity index (χ2v) is 6.30. The number of thioether (sulfide) groups is 1. The Hall–Kier alpha value is -1.97. The van der Waals surface area contributed by atoms with Crippen molar-refractivity contribution in [1.29, 1.82) is 0 Å². The van der Waals surface area contributed by atoms with Crippen molar-refractivity contribution in [2.24, 2.45) is 0 Å². The summed E-state index contributed by atoms with van der Waals surface area (Å²) in [5, 5.41) is 17.6. The zero-order valence-corrected chi connectivity index (χ0v) is 13.4. The number of anilines is 1. The lowest BCUT2D eigenvalue weighted by atomic mass is 10.3. The van der Waals surface area contributed by atoms with Crippen LogP contribution in [0.2, 0.25) is 5.02 Å². The molecule has 0 radical (unpaired) electrons. The van der Waals surface area contributed by atoms with Crippen LogP contribution in [0.4, 0.5) is 5.13 Å². The van der Waals surface area contributed by atoms with E-state index < -0.39 is 0 Å². The molecule has 2 heterocycles. The minimum absolute atomic E-state index is 0.166. The Morgan fingerprint density at radius 3 is 3.14 bits per heavy atom. The Labute approximate surface area is 138 Å². The van der Waals surface area contributed by atoms with E-state index in [2.05, 4.69) is 25.8 Å². The molecule has 0 saturated carbocycles. The summed E-state index contributed by atoms with van der Waals surface area (Å²) in [7, 11) is 0. The predicted molar refractivity (Wildman–Crippen MR) is 85.6 cm³/mol. The zero-order chi connectivity index (χ0) is 15.4. The van der Waals surface area contributed by atoms with Crippen LogP contribution in [-0.4, -0.2) is 36.9 Å². The molecular weight excluding hydrogens is 344 g/mol. The van der Waals surface area contributed by atoms with E-state index in [4.69, 9.17) is 11.6 Å². The van der Waals surface area contributed by atoms with E-state index in [-0.39, 0.29) is 11.7 Å². The first-order valence-corrected chi connectivity index (χ1v) is 8.33. The van der Waals surface area contributed by atoms with Crippen molar-refractivity contribution in [3.8, 4) is 5.69 Å². The quantitative estimate of drug-likeness (QED) is 0.710. The maximum absolute atomic E-state index is 11.8. The fourth-order valence-corrected chi connectivity index (χ4v) is 3.03. The molecule has 0 aliphatic heterocycles. The van der Waals surface area contributed by atoms with E-state index in [1.807, 2.05) is 12.1 Å². The fraction of sp³-hybridized carbons (Fsp3) is 0.0833. The van der Waals surface area contributed by atoms with Gasteiger partial charge in [-0.1, -0.05) is 29.4 Å². The van der Waals surface area contributed by atoms with E-state index in [1.54, 1.807) is 23.7 Å². The second-order valence-electron chi connectivity index (χ2n) is 4.03. The highest BCUT2D eigenvalue weighted by atomic mass is 35.5. The molecule has 0 fully saturated rings. The van der Waals surface area contributed by atoms with Gasteiger partial charge in [0.15, 0.2) is 5.13 Å². The number of tetrazole rings is 1. The standard InChI is InChI=1S/C12H9ClN6OS2/c13-8-2-1-3-9(6-8)19-12(16-17-18-19)22-7-10(20)15-11-14-4-5-21-11/h1-6H,7H2,(H,14,15,20). The molecule has 3 rings (SSSR count). The van der Waals surface area contributed by atoms with Crippen LogP contribution < -0.4 is 5.32 Å². The molecule has 0 aliphatic carbocycles. The lowest BCUT2D eigenvalue weighted by molar-refractivity contribution is -0.113. The Morgan fingerprint density at radius 2 is 2.36 bits per heavy atom. The summed E-state index contributed by atoms with van der Waals surface area (Å²) >= 11 is 8.56. The van der Waals surface area contributed by atoms with Crippen LogP contribution in [0.25, 0.3) is 5.69 Å². The van der Waals surface area contributed by atoms with Gasteiger partial charge in [-0.05, 0) is 28.6 Å². The average Bonchev–Trinajstić information content (AvgIpc) is 3.16. The Balaban J connectivity index is 1.66. The van der Waals surface area contributed by atoms with Gasteiger partial charge in [0.2, 0.25) is 11.1 Å². The largest absolute Gasteiger partial charge is 0.301 e. The molecule has 22 heavy (non-hydrogen) atoms. The first-order chi connectivity index (χ1) is 10.7. The molecule has 0 saturated heterocycles. The van der Waals surface area contributed by atoms with E-state index in [9.17, 15) is 4.79 Å². The summed E-state index contributed by atoms with van der Waals surface area (Å²) in [5.41, 5.74) is 0.736. The zero-order valence-electron chi connectivity index (χ0n) is 11.0. The Morgan fingerprint density at radius 1 is 1.45 bits per heavy atom. The first-order valence-electron chi connectivity index (χ1n) is 6.09. The fourth-order valence-electron chi connectivity index (χ4n) is 1.61. The third kappa shape index (κ3) is 3.62. The van der Waals surface area contributed by atoms with Crippen molar-refractivity contribution in [1.82, 2.24) is 25.2 Å². The van der Waals surface area contributed by atoms with Crippen molar-refractivity contribution >= 4 is 45.7 Å². The van der Waals surface area contributed by atoms with Gasteiger partial charge in [0.1, 0.15) is 0 Å². The molecule has 1 amide bonds. The van der Waals surface area contributed by atoms with Gasteiger partial charge in [-0.25, -0.2) is 4.98 Å². The van der Waals surface area contributed by atoms with Crippen molar-refractivity contribution < 1.29 is 4.79 Å². The summed E-state index contributed by atoms with van der Waals surface area (Å²) in [6.07, 6.45) is 1.63. The van der Waals surface area contributed by atoms with Crippen molar-refractivity contribution in [3.05, 3.63) is 40.9 Å². The lowest BCUT2D eigenvalue weighted by Gasteiger charge is -2.04. The van der Waals surface area contributed by atoms with Crippen LogP contribution in [0.3, 0.4) is 0 Å². The number of benzene rings is 1. The highest BCUT2D eigenvalue weighted by Gasteiger charge is 2.12. The molecule has 0 unspecified atom stereocenters. The smallest absolute Gasteiger partial charge is 0.236 e. The topological polar surface area (TPSA) is 85.6 Å². The molecule has 3 aromatic rings. The third-order valence-corrected chi connectivity index (χ3v) is 4.35. The van der Waals surface area contributed by atoms with Gasteiger partial charge in [0.25, 0.3) is 0 Å². The summed E-state index contributed by atoms with van der Waals surface area (Å²) in [6, 6.07) is 7.16. The highest BCUT2D eigenvalue weighted by molar-refractivity contribution is 7.99. The number of thiazole rings is 1. The Bertz CT molecular complexity index is 776. The number of hydrogen-bond donors (Lipinski definition) is 1. The molecule has 7 nitrogen and oxygen atoms in total. The van der Waals surface area contributed by atoms with Crippen LogP contribution in [0.5, 0.6) is 0 Å². The number of aromatic nitrogens is 5. The van der Waals surface area contributed by atoms with Gasteiger partial charge in [0, 0.05) is 16.6 Å². The number of carbonyl (C=O) groups is 1. The molecule has 1 N–H and O–H groups in total. The first kappa shape index (κ1) is 14.9. The van der Waals surface area contributed by atoms with Crippen LogP contribution >= 0.6 is 34.7 Å². The number of carbonyl (C=O) groups excluding carboxylic acids is 1. The molecule has 112 valence electrons. The SMILES string of the molecule is O=C(CSc1nnnn1-c1cccc(Cl)c1)Nc1nccs1. The van der Waals surface area contributed by atoms with Gasteiger partial charge in [0.05, 0.1) is 11.4 Å². The van der Waals surface area contributed by atoms with E-state index in [0.717, 1.165) is 5.69 Å². The van der Waals surface area contributed by atoms with E-state index >= 15 is 0 Å². The second kappa shape index (κ2) is 6.86. The van der Waals surface area contributed by atoms with Crippen molar-refractivity contribution in [2.75, 3.05) is 11.1 Å². The molecule has 0 atom stereocenters. The maximum atomic E-state index is 11.8. The van der Waals surface area contributed by atoms with Crippen LogP contribution in [0.15, 0.2) is 41.0 Å². The molecule has 2 aromatic heterocycles. The number of halogens is 1. The van der Waals surface area contributed by atoms with Gasteiger partial charge in [-0.15, -0.1) is 16.4 Å². The molecular formula is C12H9ClN6OS2. The van der Waals surface area contributed by atoms with E-state index in [0.29, 0.717) is 15.3 Å². The van der Waals surface area contributed by atoms with Gasteiger partial charge in [-0.3, -0.25) is 4.79 Å². The van der Waals surface area contributed by atoms with Crippen molar-refractivity contribution in [3.63, 3.8) is 0 Å². The van der Waals surface area contributed by atoms with Gasteiger partial charge < -0.3 is 5.32 Å². The van der Waals surface area contributed by atoms with Gasteiger partial charge in [-0.2, -0.15) is 4.68 Å². The normalized spacial score (nSPS) is 10.6. The number of rotatable bonds is 5. The molecule has 1 aromatic carbocycles. The maximum Gasteiger partial charge on any atom is 0.236 e. The molecule has 0 bridgehead atoms. The number of hydrogen-bond acceptors (Lipinski definition) is 7. The number of nitrogens with one attached hydrogen (secondary N) is 1. The van der Waals surface area contributed by atoms with Crippen LogP contribution in [-0.2, 0) is 4.79 Å². The summed E-state index contributed by atoms with van der Waals surface area (Å²) in [5.74, 6) is 0.0150.